The number of imidazole rings is 1. The van der Waals surface area contributed by atoms with E-state index in [2.05, 4.69) is 10.2 Å². The molecule has 41 heavy (non-hydrogen) atoms. The maximum Gasteiger partial charge on any atom is 0.206 e. The highest BCUT2D eigenvalue weighted by Crippen LogP contribution is 2.35. The van der Waals surface area contributed by atoms with Gasteiger partial charge >= 0.3 is 0 Å². The van der Waals surface area contributed by atoms with Gasteiger partial charge in [0.25, 0.3) is 0 Å². The van der Waals surface area contributed by atoms with Crippen LogP contribution in [0.2, 0.25) is 0 Å². The van der Waals surface area contributed by atoms with E-state index in [9.17, 15) is 15.3 Å². The van der Waals surface area contributed by atoms with Gasteiger partial charge in [0.1, 0.15) is 24.9 Å². The molecule has 0 unspecified atom stereocenters. The van der Waals surface area contributed by atoms with Gasteiger partial charge in [0, 0.05) is 13.1 Å². The lowest BCUT2D eigenvalue weighted by molar-refractivity contribution is -0.0499. The van der Waals surface area contributed by atoms with Gasteiger partial charge in [0.15, 0.2) is 17.7 Å². The number of para-hydroxylation sites is 2. The number of aliphatic hydroxyl groups excluding tert-OH is 3. The van der Waals surface area contributed by atoms with Gasteiger partial charge in [-0.3, -0.25) is 4.57 Å². The Morgan fingerprint density at radius 3 is 2.46 bits per heavy atom. The molecule has 0 bridgehead atoms. The molecule has 0 saturated carbocycles. The zero-order chi connectivity index (χ0) is 28.8. The van der Waals surface area contributed by atoms with Crippen molar-refractivity contribution in [1.29, 1.82) is 0 Å². The number of aromatic nitrogens is 2. The summed E-state index contributed by atoms with van der Waals surface area (Å²) >= 11 is 0. The minimum atomic E-state index is -1.23. The average molecular weight is 563 g/mol. The van der Waals surface area contributed by atoms with Gasteiger partial charge in [-0.05, 0) is 55.9 Å². The lowest BCUT2D eigenvalue weighted by Gasteiger charge is -2.20. The third-order valence-electron chi connectivity index (χ3n) is 7.07. The van der Waals surface area contributed by atoms with Crippen LogP contribution in [0.5, 0.6) is 11.5 Å². The predicted octanol–water partition coefficient (Wildman–Crippen LogP) is 3.17. The van der Waals surface area contributed by atoms with E-state index in [4.69, 9.17) is 19.2 Å². The van der Waals surface area contributed by atoms with Crippen molar-refractivity contribution in [2.75, 3.05) is 39.2 Å². The van der Waals surface area contributed by atoms with E-state index in [0.29, 0.717) is 42.7 Å². The van der Waals surface area contributed by atoms with E-state index in [-0.39, 0.29) is 0 Å². The molecule has 1 aromatic heterocycles. The van der Waals surface area contributed by atoms with Crippen LogP contribution >= 0.6 is 0 Å². The van der Waals surface area contributed by atoms with Crippen LogP contribution in [-0.4, -0.2) is 81.9 Å². The molecular weight excluding hydrogens is 524 g/mol. The Morgan fingerprint density at radius 1 is 0.927 bits per heavy atom. The van der Waals surface area contributed by atoms with Crippen molar-refractivity contribution in [3.63, 3.8) is 0 Å². The Labute approximate surface area is 239 Å². The van der Waals surface area contributed by atoms with Crippen LogP contribution in [0, 0.1) is 0 Å². The summed E-state index contributed by atoms with van der Waals surface area (Å²) < 4.78 is 19.9. The highest BCUT2D eigenvalue weighted by Gasteiger charge is 2.44. The molecule has 10 nitrogen and oxygen atoms in total. The second kappa shape index (κ2) is 13.3. The van der Waals surface area contributed by atoms with Crippen LogP contribution in [0.1, 0.15) is 23.8 Å². The van der Waals surface area contributed by atoms with Crippen LogP contribution in [0.15, 0.2) is 72.8 Å². The molecule has 4 aromatic rings. The number of ether oxygens (including phenoxy) is 3. The second-order valence-electron chi connectivity index (χ2n) is 10.4. The molecule has 1 saturated heterocycles. The Balaban J connectivity index is 1.36. The molecular formula is C31H38N4O6. The molecule has 1 aliphatic rings. The molecule has 2 heterocycles. The number of anilines is 1. The zero-order valence-electron chi connectivity index (χ0n) is 23.4. The molecule has 10 heteroatoms. The lowest BCUT2D eigenvalue weighted by atomic mass is 10.1. The fraction of sp³-hybridized carbons (Fsp3) is 0.387. The first-order valence-electron chi connectivity index (χ1n) is 13.8. The first kappa shape index (κ1) is 28.8. The smallest absolute Gasteiger partial charge is 0.206 e. The Bertz CT molecular complexity index is 1410. The standard InChI is InChI=1S/C31H38N4O6/c1-34(2)15-8-16-39-26-17-22(13-14-25(26)40-20-21-9-4-3-5-10-21)18-32-31-33-23-11-6-7-12-24(23)35(31)30-29(38)28(37)27(19-36)41-30/h3-7,9-14,17,27-30,36-38H,8,15-16,18-20H2,1-2H3,(H,32,33)/t27-,28-,29-,30-/m1/s1. The minimum absolute atomic E-state index is 0.403. The molecule has 1 fully saturated rings. The van der Waals surface area contributed by atoms with Gasteiger partial charge in [-0.1, -0.05) is 48.5 Å². The fourth-order valence-corrected chi connectivity index (χ4v) is 4.89. The summed E-state index contributed by atoms with van der Waals surface area (Å²) in [7, 11) is 4.07. The maximum absolute atomic E-state index is 10.7. The fourth-order valence-electron chi connectivity index (χ4n) is 4.89. The van der Waals surface area contributed by atoms with Crippen molar-refractivity contribution >= 4 is 17.0 Å². The quantitative estimate of drug-likeness (QED) is 0.182. The molecule has 4 atom stereocenters. The number of nitrogens with one attached hydrogen (secondary N) is 1. The summed E-state index contributed by atoms with van der Waals surface area (Å²) in [6.45, 7) is 1.91. The molecule has 0 radical (unpaired) electrons. The Morgan fingerprint density at radius 2 is 1.71 bits per heavy atom. The van der Waals surface area contributed by atoms with Crippen molar-refractivity contribution in [2.24, 2.45) is 0 Å². The molecule has 0 spiro atoms. The Hall–Kier alpha value is -3.67. The summed E-state index contributed by atoms with van der Waals surface area (Å²) in [5, 5.41) is 34.1. The van der Waals surface area contributed by atoms with Crippen LogP contribution in [0.25, 0.3) is 11.0 Å². The number of hydrogen-bond donors (Lipinski definition) is 4. The van der Waals surface area contributed by atoms with E-state index >= 15 is 0 Å². The third kappa shape index (κ3) is 6.80. The molecule has 0 aliphatic carbocycles. The third-order valence-corrected chi connectivity index (χ3v) is 7.07. The van der Waals surface area contributed by atoms with E-state index in [0.717, 1.165) is 29.6 Å². The first-order chi connectivity index (χ1) is 19.9. The average Bonchev–Trinajstić information content (AvgIpc) is 3.49. The monoisotopic (exact) mass is 562 g/mol. The number of rotatable bonds is 13. The number of benzene rings is 3. The van der Waals surface area contributed by atoms with Gasteiger partial charge in [-0.15, -0.1) is 0 Å². The van der Waals surface area contributed by atoms with Crippen LogP contribution in [0.3, 0.4) is 0 Å². The largest absolute Gasteiger partial charge is 0.490 e. The van der Waals surface area contributed by atoms with Gasteiger partial charge in [0.05, 0.1) is 24.2 Å². The van der Waals surface area contributed by atoms with E-state index in [1.807, 2.05) is 86.9 Å². The molecule has 0 amide bonds. The molecule has 4 N–H and O–H groups in total. The van der Waals surface area contributed by atoms with Crippen molar-refractivity contribution in [1.82, 2.24) is 14.5 Å². The van der Waals surface area contributed by atoms with Crippen molar-refractivity contribution in [3.05, 3.63) is 83.9 Å². The molecule has 5 rings (SSSR count). The van der Waals surface area contributed by atoms with E-state index in [1.165, 1.54) is 0 Å². The summed E-state index contributed by atoms with van der Waals surface area (Å²) in [6, 6.07) is 23.3. The molecule has 1 aliphatic heterocycles. The van der Waals surface area contributed by atoms with E-state index in [1.54, 1.807) is 4.57 Å². The minimum Gasteiger partial charge on any atom is -0.490 e. The summed E-state index contributed by atoms with van der Waals surface area (Å²) in [5.41, 5.74) is 3.46. The van der Waals surface area contributed by atoms with Crippen LogP contribution < -0.4 is 14.8 Å². The summed E-state index contributed by atoms with van der Waals surface area (Å²) in [6.07, 6.45) is -3.37. The number of hydrogen-bond acceptors (Lipinski definition) is 9. The number of nitrogens with zero attached hydrogens (tertiary/aromatic N) is 3. The number of aliphatic hydroxyl groups is 3. The van der Waals surface area contributed by atoms with Gasteiger partial charge in [-0.2, -0.15) is 0 Å². The maximum atomic E-state index is 10.7. The van der Waals surface area contributed by atoms with Gasteiger partial charge in [-0.25, -0.2) is 4.98 Å². The predicted molar refractivity (Wildman–Crippen MR) is 156 cm³/mol. The lowest BCUT2D eigenvalue weighted by Crippen LogP contribution is -2.33. The van der Waals surface area contributed by atoms with E-state index < -0.39 is 31.1 Å². The van der Waals surface area contributed by atoms with Crippen molar-refractivity contribution in [3.8, 4) is 11.5 Å². The second-order valence-corrected chi connectivity index (χ2v) is 10.4. The zero-order valence-corrected chi connectivity index (χ0v) is 23.4. The van der Waals surface area contributed by atoms with Crippen molar-refractivity contribution < 1.29 is 29.5 Å². The van der Waals surface area contributed by atoms with Gasteiger partial charge in [0.2, 0.25) is 5.95 Å². The van der Waals surface area contributed by atoms with Crippen molar-refractivity contribution in [2.45, 2.75) is 44.1 Å². The highest BCUT2D eigenvalue weighted by atomic mass is 16.6. The first-order valence-corrected chi connectivity index (χ1v) is 13.8. The summed E-state index contributed by atoms with van der Waals surface area (Å²) in [5.74, 6) is 1.80. The summed E-state index contributed by atoms with van der Waals surface area (Å²) in [4.78, 5) is 6.84. The van der Waals surface area contributed by atoms with Crippen LogP contribution in [0.4, 0.5) is 5.95 Å². The van der Waals surface area contributed by atoms with Crippen LogP contribution in [-0.2, 0) is 17.9 Å². The topological polar surface area (TPSA) is 121 Å². The SMILES string of the molecule is CN(C)CCCOc1cc(CNc2nc3ccccc3n2[C@@H]2O[C@H](CO)[C@@H](O)[C@H]2O)ccc1OCc1ccccc1. The molecule has 218 valence electrons. The highest BCUT2D eigenvalue weighted by molar-refractivity contribution is 5.78. The Kier molecular flexibility index (Phi) is 9.38. The van der Waals surface area contributed by atoms with Gasteiger partial charge < -0.3 is 39.7 Å². The number of fused-ring (bicyclic) bond motifs is 1. The molecule has 3 aromatic carbocycles. The normalized spacial score (nSPS) is 20.5.